The molecule has 1 N–H and O–H groups in total. The summed E-state index contributed by atoms with van der Waals surface area (Å²) < 4.78 is 7.73. The van der Waals surface area contributed by atoms with Crippen LogP contribution in [-0.2, 0) is 7.05 Å². The zero-order chi connectivity index (χ0) is 17.1. The standard InChI is InChI=1S/C19H27N3O2/c1-14-6-4-7-15(2)19(14)24-13-17(23)12-22-9-5-8-18(22)16-10-20-21(3)11-16/h4,6-7,10-11,17-18,23H,5,8-9,12-13H2,1-3H3/t17-,18+/m0/s1. The van der Waals surface area contributed by atoms with Gasteiger partial charge in [-0.2, -0.15) is 5.10 Å². The van der Waals surface area contributed by atoms with Crippen LogP contribution < -0.4 is 4.74 Å². The van der Waals surface area contributed by atoms with Gasteiger partial charge in [-0.15, -0.1) is 0 Å². The van der Waals surface area contributed by atoms with Crippen LogP contribution in [0.2, 0.25) is 0 Å². The van der Waals surface area contributed by atoms with E-state index in [4.69, 9.17) is 4.74 Å². The predicted molar refractivity (Wildman–Crippen MR) is 94.2 cm³/mol. The normalized spacial score (nSPS) is 19.6. The first kappa shape index (κ1) is 17.0. The Labute approximate surface area is 143 Å². The third-order valence-corrected chi connectivity index (χ3v) is 4.75. The van der Waals surface area contributed by atoms with Gasteiger partial charge in [0, 0.05) is 31.4 Å². The molecule has 2 aromatic rings. The minimum Gasteiger partial charge on any atom is -0.490 e. The van der Waals surface area contributed by atoms with E-state index in [2.05, 4.69) is 16.2 Å². The molecule has 0 radical (unpaired) electrons. The van der Waals surface area contributed by atoms with Crippen LogP contribution in [0.15, 0.2) is 30.6 Å². The molecule has 1 saturated heterocycles. The average molecular weight is 329 g/mol. The first-order valence-corrected chi connectivity index (χ1v) is 8.64. The summed E-state index contributed by atoms with van der Waals surface area (Å²) in [6.07, 6.45) is 5.78. The lowest BCUT2D eigenvalue weighted by Gasteiger charge is -2.26. The molecule has 1 aliphatic heterocycles. The van der Waals surface area contributed by atoms with Crippen molar-refractivity contribution in [3.63, 3.8) is 0 Å². The van der Waals surface area contributed by atoms with Gasteiger partial charge in [0.1, 0.15) is 18.5 Å². The molecule has 0 amide bonds. The van der Waals surface area contributed by atoms with Crippen molar-refractivity contribution in [2.75, 3.05) is 19.7 Å². The number of rotatable bonds is 6. The third-order valence-electron chi connectivity index (χ3n) is 4.75. The van der Waals surface area contributed by atoms with E-state index >= 15 is 0 Å². The number of ether oxygens (including phenoxy) is 1. The SMILES string of the molecule is Cc1cccc(C)c1OC[C@@H](O)CN1CCC[C@@H]1c1cnn(C)c1. The van der Waals surface area contributed by atoms with Gasteiger partial charge in [-0.05, 0) is 44.4 Å². The highest BCUT2D eigenvalue weighted by atomic mass is 16.5. The van der Waals surface area contributed by atoms with Crippen LogP contribution >= 0.6 is 0 Å². The second-order valence-electron chi connectivity index (χ2n) is 6.79. The van der Waals surface area contributed by atoms with Crippen LogP contribution in [0.4, 0.5) is 0 Å². The number of β-amino-alcohol motifs (C(OH)–C–C–N with tert-alkyl or cyclic N) is 1. The van der Waals surface area contributed by atoms with Crippen LogP contribution in [0.25, 0.3) is 0 Å². The fraction of sp³-hybridized carbons (Fsp3) is 0.526. The van der Waals surface area contributed by atoms with Gasteiger partial charge in [0.2, 0.25) is 0 Å². The van der Waals surface area contributed by atoms with Crippen molar-refractivity contribution in [3.05, 3.63) is 47.3 Å². The van der Waals surface area contributed by atoms with E-state index in [1.165, 1.54) is 5.56 Å². The summed E-state index contributed by atoms with van der Waals surface area (Å²) in [5.41, 5.74) is 3.45. The third kappa shape index (κ3) is 3.79. The molecule has 5 heteroatoms. The molecule has 0 unspecified atom stereocenters. The summed E-state index contributed by atoms with van der Waals surface area (Å²) in [7, 11) is 1.94. The number of aliphatic hydroxyl groups excluding tert-OH is 1. The first-order valence-electron chi connectivity index (χ1n) is 8.64. The van der Waals surface area contributed by atoms with Crippen LogP contribution in [0.1, 0.15) is 35.6 Å². The highest BCUT2D eigenvalue weighted by Crippen LogP contribution is 2.31. The minimum atomic E-state index is -0.499. The van der Waals surface area contributed by atoms with Gasteiger partial charge in [-0.1, -0.05) is 18.2 Å². The molecule has 0 saturated carbocycles. The van der Waals surface area contributed by atoms with E-state index in [0.29, 0.717) is 19.2 Å². The highest BCUT2D eigenvalue weighted by molar-refractivity contribution is 5.39. The van der Waals surface area contributed by atoms with Crippen molar-refractivity contribution in [1.29, 1.82) is 0 Å². The zero-order valence-electron chi connectivity index (χ0n) is 14.8. The van der Waals surface area contributed by atoms with E-state index in [9.17, 15) is 5.11 Å². The van der Waals surface area contributed by atoms with Crippen LogP contribution in [0.3, 0.4) is 0 Å². The average Bonchev–Trinajstić information content (AvgIpc) is 3.15. The van der Waals surface area contributed by atoms with E-state index < -0.39 is 6.10 Å². The molecule has 1 fully saturated rings. The maximum atomic E-state index is 10.4. The monoisotopic (exact) mass is 329 g/mol. The number of aromatic nitrogens is 2. The lowest BCUT2D eigenvalue weighted by atomic mass is 10.1. The molecule has 1 aromatic carbocycles. The van der Waals surface area contributed by atoms with Gasteiger partial charge in [0.05, 0.1) is 6.20 Å². The van der Waals surface area contributed by atoms with Crippen LogP contribution in [0.5, 0.6) is 5.75 Å². The van der Waals surface area contributed by atoms with E-state index in [-0.39, 0.29) is 0 Å². The lowest BCUT2D eigenvalue weighted by Crippen LogP contribution is -2.35. The number of para-hydroxylation sites is 1. The molecule has 24 heavy (non-hydrogen) atoms. The zero-order valence-corrected chi connectivity index (χ0v) is 14.8. The molecule has 2 atom stereocenters. The molecule has 0 aliphatic carbocycles. The minimum absolute atomic E-state index is 0.321. The molecule has 1 aliphatic rings. The fourth-order valence-electron chi connectivity index (χ4n) is 3.56. The van der Waals surface area contributed by atoms with Crippen molar-refractivity contribution in [1.82, 2.24) is 14.7 Å². The van der Waals surface area contributed by atoms with Gasteiger partial charge < -0.3 is 9.84 Å². The second-order valence-corrected chi connectivity index (χ2v) is 6.79. The van der Waals surface area contributed by atoms with Crippen molar-refractivity contribution >= 4 is 0 Å². The summed E-state index contributed by atoms with van der Waals surface area (Å²) in [5.74, 6) is 0.891. The maximum Gasteiger partial charge on any atom is 0.125 e. The maximum absolute atomic E-state index is 10.4. The Hall–Kier alpha value is -1.85. The van der Waals surface area contributed by atoms with Gasteiger partial charge in [-0.3, -0.25) is 9.58 Å². The Morgan fingerprint density at radius 2 is 2.08 bits per heavy atom. The quantitative estimate of drug-likeness (QED) is 0.885. The number of likely N-dealkylation sites (tertiary alicyclic amines) is 1. The van der Waals surface area contributed by atoms with Crippen molar-refractivity contribution in [3.8, 4) is 5.75 Å². The summed E-state index contributed by atoms with van der Waals surface area (Å²) >= 11 is 0. The molecule has 3 rings (SSSR count). The number of hydrogen-bond acceptors (Lipinski definition) is 4. The van der Waals surface area contributed by atoms with Crippen molar-refractivity contribution < 1.29 is 9.84 Å². The topological polar surface area (TPSA) is 50.5 Å². The van der Waals surface area contributed by atoms with Gasteiger partial charge >= 0.3 is 0 Å². The Balaban J connectivity index is 1.57. The number of nitrogens with zero attached hydrogens (tertiary/aromatic N) is 3. The summed E-state index contributed by atoms with van der Waals surface area (Å²) in [6.45, 7) is 6.04. The Bertz CT molecular complexity index is 663. The Morgan fingerprint density at radius 1 is 1.33 bits per heavy atom. The van der Waals surface area contributed by atoms with E-state index in [1.807, 2.05) is 50.0 Å². The summed E-state index contributed by atoms with van der Waals surface area (Å²) in [6, 6.07) is 6.45. The molecule has 5 nitrogen and oxygen atoms in total. The molecule has 130 valence electrons. The Morgan fingerprint density at radius 3 is 2.75 bits per heavy atom. The van der Waals surface area contributed by atoms with Gasteiger partial charge in [0.15, 0.2) is 0 Å². The predicted octanol–water partition coefficient (Wildman–Crippen LogP) is 2.61. The van der Waals surface area contributed by atoms with Crippen molar-refractivity contribution in [2.24, 2.45) is 7.05 Å². The molecule has 2 heterocycles. The Kier molecular flexibility index (Phi) is 5.21. The smallest absolute Gasteiger partial charge is 0.125 e. The second kappa shape index (κ2) is 7.36. The first-order chi connectivity index (χ1) is 11.5. The molecule has 1 aromatic heterocycles. The fourth-order valence-corrected chi connectivity index (χ4v) is 3.56. The summed E-state index contributed by atoms with van der Waals surface area (Å²) in [5, 5.41) is 14.7. The molecular formula is C19H27N3O2. The van der Waals surface area contributed by atoms with Crippen LogP contribution in [0, 0.1) is 13.8 Å². The van der Waals surface area contributed by atoms with Crippen LogP contribution in [-0.4, -0.2) is 45.6 Å². The molecular weight excluding hydrogens is 302 g/mol. The number of aryl methyl sites for hydroxylation is 3. The molecule has 0 bridgehead atoms. The van der Waals surface area contributed by atoms with Crippen molar-refractivity contribution in [2.45, 2.75) is 38.8 Å². The number of benzene rings is 1. The number of hydrogen-bond donors (Lipinski definition) is 1. The highest BCUT2D eigenvalue weighted by Gasteiger charge is 2.28. The lowest BCUT2D eigenvalue weighted by molar-refractivity contribution is 0.0634. The van der Waals surface area contributed by atoms with E-state index in [0.717, 1.165) is 36.3 Å². The largest absolute Gasteiger partial charge is 0.490 e. The molecule has 0 spiro atoms. The van der Waals surface area contributed by atoms with E-state index in [1.54, 1.807) is 0 Å². The van der Waals surface area contributed by atoms with Gasteiger partial charge in [-0.25, -0.2) is 0 Å². The number of aliphatic hydroxyl groups is 1. The summed E-state index contributed by atoms with van der Waals surface area (Å²) in [4.78, 5) is 2.34. The van der Waals surface area contributed by atoms with Gasteiger partial charge in [0.25, 0.3) is 0 Å².